The largest absolute Gasteiger partial charge is 0.388 e. The SMILES string of the molecule is CC1CCCC(C)N1CCCC(=N)N. The van der Waals surface area contributed by atoms with E-state index in [9.17, 15) is 0 Å². The Morgan fingerprint density at radius 3 is 2.43 bits per heavy atom. The summed E-state index contributed by atoms with van der Waals surface area (Å²) in [6, 6.07) is 1.43. The summed E-state index contributed by atoms with van der Waals surface area (Å²) in [4.78, 5) is 2.56. The van der Waals surface area contributed by atoms with Crippen LogP contribution in [0.3, 0.4) is 0 Å². The highest BCUT2D eigenvalue weighted by molar-refractivity contribution is 5.76. The maximum atomic E-state index is 7.17. The van der Waals surface area contributed by atoms with Gasteiger partial charge in [0.1, 0.15) is 0 Å². The van der Waals surface area contributed by atoms with Gasteiger partial charge in [-0.25, -0.2) is 0 Å². The van der Waals surface area contributed by atoms with E-state index in [1.165, 1.54) is 19.3 Å². The van der Waals surface area contributed by atoms with Crippen LogP contribution in [0.1, 0.15) is 46.0 Å². The minimum Gasteiger partial charge on any atom is -0.388 e. The Morgan fingerprint density at radius 2 is 1.93 bits per heavy atom. The van der Waals surface area contributed by atoms with E-state index in [0.29, 0.717) is 17.9 Å². The first kappa shape index (κ1) is 11.5. The van der Waals surface area contributed by atoms with Crippen molar-refractivity contribution >= 4 is 5.84 Å². The van der Waals surface area contributed by atoms with Crippen molar-refractivity contribution < 1.29 is 0 Å². The maximum absolute atomic E-state index is 7.17. The number of hydrogen-bond acceptors (Lipinski definition) is 2. The highest BCUT2D eigenvalue weighted by atomic mass is 15.2. The maximum Gasteiger partial charge on any atom is 0.0905 e. The molecule has 0 aromatic carbocycles. The van der Waals surface area contributed by atoms with Gasteiger partial charge in [0.05, 0.1) is 5.84 Å². The van der Waals surface area contributed by atoms with Crippen molar-refractivity contribution in [1.29, 1.82) is 5.41 Å². The van der Waals surface area contributed by atoms with E-state index in [-0.39, 0.29) is 0 Å². The van der Waals surface area contributed by atoms with Gasteiger partial charge in [-0.05, 0) is 39.7 Å². The van der Waals surface area contributed by atoms with Crippen molar-refractivity contribution in [2.24, 2.45) is 5.73 Å². The van der Waals surface area contributed by atoms with Crippen LogP contribution in [0.5, 0.6) is 0 Å². The molecule has 3 nitrogen and oxygen atoms in total. The summed E-state index contributed by atoms with van der Waals surface area (Å²) in [6.45, 7) is 5.72. The summed E-state index contributed by atoms with van der Waals surface area (Å²) >= 11 is 0. The molecule has 82 valence electrons. The van der Waals surface area contributed by atoms with E-state index >= 15 is 0 Å². The lowest BCUT2D eigenvalue weighted by molar-refractivity contribution is 0.103. The van der Waals surface area contributed by atoms with E-state index in [2.05, 4.69) is 18.7 Å². The van der Waals surface area contributed by atoms with Crippen LogP contribution in [-0.2, 0) is 0 Å². The number of hydrogen-bond donors (Lipinski definition) is 2. The molecule has 2 atom stereocenters. The van der Waals surface area contributed by atoms with E-state index in [1.807, 2.05) is 0 Å². The van der Waals surface area contributed by atoms with Gasteiger partial charge in [0.15, 0.2) is 0 Å². The number of nitrogens with one attached hydrogen (secondary N) is 1. The first-order valence-electron chi connectivity index (χ1n) is 5.70. The van der Waals surface area contributed by atoms with E-state index in [0.717, 1.165) is 19.4 Å². The summed E-state index contributed by atoms with van der Waals surface area (Å²) in [5.74, 6) is 0.322. The predicted octanol–water partition coefficient (Wildman–Crippen LogP) is 1.97. The summed E-state index contributed by atoms with van der Waals surface area (Å²) in [5.41, 5.74) is 5.34. The summed E-state index contributed by atoms with van der Waals surface area (Å²) < 4.78 is 0. The fraction of sp³-hybridized carbons (Fsp3) is 0.909. The van der Waals surface area contributed by atoms with Gasteiger partial charge in [0.2, 0.25) is 0 Å². The van der Waals surface area contributed by atoms with Gasteiger partial charge in [-0.15, -0.1) is 0 Å². The molecule has 0 spiro atoms. The van der Waals surface area contributed by atoms with Gasteiger partial charge in [0.25, 0.3) is 0 Å². The molecular weight excluding hydrogens is 174 g/mol. The molecule has 0 amide bonds. The fourth-order valence-electron chi connectivity index (χ4n) is 2.37. The molecule has 1 rings (SSSR count). The van der Waals surface area contributed by atoms with Crippen molar-refractivity contribution in [1.82, 2.24) is 4.90 Å². The van der Waals surface area contributed by atoms with E-state index < -0.39 is 0 Å². The lowest BCUT2D eigenvalue weighted by atomic mass is 9.97. The minimum absolute atomic E-state index is 0.322. The van der Waals surface area contributed by atoms with E-state index in [4.69, 9.17) is 11.1 Å². The van der Waals surface area contributed by atoms with Gasteiger partial charge in [-0.1, -0.05) is 6.42 Å². The monoisotopic (exact) mass is 197 g/mol. The van der Waals surface area contributed by atoms with Crippen LogP contribution in [0.15, 0.2) is 0 Å². The normalized spacial score (nSPS) is 29.0. The molecule has 3 N–H and O–H groups in total. The average molecular weight is 197 g/mol. The van der Waals surface area contributed by atoms with Crippen LogP contribution in [-0.4, -0.2) is 29.4 Å². The topological polar surface area (TPSA) is 53.1 Å². The molecule has 1 heterocycles. The first-order chi connectivity index (χ1) is 6.61. The van der Waals surface area contributed by atoms with E-state index in [1.54, 1.807) is 0 Å². The number of likely N-dealkylation sites (tertiary alicyclic amines) is 1. The van der Waals surface area contributed by atoms with Crippen molar-refractivity contribution in [2.75, 3.05) is 6.54 Å². The molecule has 3 heteroatoms. The zero-order valence-corrected chi connectivity index (χ0v) is 9.42. The Hall–Kier alpha value is -0.570. The molecule has 14 heavy (non-hydrogen) atoms. The van der Waals surface area contributed by atoms with Crippen LogP contribution >= 0.6 is 0 Å². The molecule has 1 saturated heterocycles. The zero-order chi connectivity index (χ0) is 10.6. The molecule has 0 aromatic heterocycles. The molecule has 0 saturated carbocycles. The van der Waals surface area contributed by atoms with Crippen LogP contribution in [0, 0.1) is 5.41 Å². The summed E-state index contributed by atoms with van der Waals surface area (Å²) in [7, 11) is 0. The first-order valence-corrected chi connectivity index (χ1v) is 5.70. The molecule has 2 unspecified atom stereocenters. The number of nitrogens with two attached hydrogens (primary N) is 1. The van der Waals surface area contributed by atoms with Crippen LogP contribution in [0.2, 0.25) is 0 Å². The second kappa shape index (κ2) is 5.35. The number of nitrogens with zero attached hydrogens (tertiary/aromatic N) is 1. The highest BCUT2D eigenvalue weighted by Gasteiger charge is 2.23. The average Bonchev–Trinajstić information content (AvgIpc) is 2.09. The number of rotatable bonds is 4. The molecular formula is C11H23N3. The molecule has 0 radical (unpaired) electrons. The molecule has 0 aliphatic carbocycles. The third-order valence-electron chi connectivity index (χ3n) is 3.24. The summed E-state index contributed by atoms with van der Waals surface area (Å²) in [6.07, 6.45) is 5.79. The Labute approximate surface area is 87.2 Å². The Bertz CT molecular complexity index is 181. The third-order valence-corrected chi connectivity index (χ3v) is 3.24. The van der Waals surface area contributed by atoms with Gasteiger partial charge in [-0.2, -0.15) is 0 Å². The van der Waals surface area contributed by atoms with Crippen LogP contribution < -0.4 is 5.73 Å². The molecule has 0 bridgehead atoms. The molecule has 1 aliphatic heterocycles. The second-order valence-electron chi connectivity index (χ2n) is 4.50. The van der Waals surface area contributed by atoms with Crippen LogP contribution in [0.25, 0.3) is 0 Å². The van der Waals surface area contributed by atoms with Crippen molar-refractivity contribution in [3.63, 3.8) is 0 Å². The molecule has 0 aromatic rings. The Balaban J connectivity index is 2.29. The fourth-order valence-corrected chi connectivity index (χ4v) is 2.37. The van der Waals surface area contributed by atoms with Crippen molar-refractivity contribution in [3.05, 3.63) is 0 Å². The van der Waals surface area contributed by atoms with Gasteiger partial charge >= 0.3 is 0 Å². The van der Waals surface area contributed by atoms with Crippen molar-refractivity contribution in [2.45, 2.75) is 58.0 Å². The zero-order valence-electron chi connectivity index (χ0n) is 9.42. The van der Waals surface area contributed by atoms with Gasteiger partial charge < -0.3 is 5.73 Å². The van der Waals surface area contributed by atoms with Gasteiger partial charge in [0, 0.05) is 18.5 Å². The smallest absolute Gasteiger partial charge is 0.0905 e. The quantitative estimate of drug-likeness (QED) is 0.535. The minimum atomic E-state index is 0.322. The Kier molecular flexibility index (Phi) is 4.39. The van der Waals surface area contributed by atoms with Crippen LogP contribution in [0.4, 0.5) is 0 Å². The lowest BCUT2D eigenvalue weighted by Crippen LogP contribution is -2.44. The number of amidine groups is 1. The Morgan fingerprint density at radius 1 is 1.36 bits per heavy atom. The summed E-state index contributed by atoms with van der Waals surface area (Å²) in [5, 5.41) is 7.17. The second-order valence-corrected chi connectivity index (χ2v) is 4.50. The highest BCUT2D eigenvalue weighted by Crippen LogP contribution is 2.22. The van der Waals surface area contributed by atoms with Gasteiger partial charge in [-0.3, -0.25) is 10.3 Å². The molecule has 1 fully saturated rings. The number of piperidine rings is 1. The third kappa shape index (κ3) is 3.29. The van der Waals surface area contributed by atoms with Crippen molar-refractivity contribution in [3.8, 4) is 0 Å². The standard InChI is InChI=1S/C11H23N3/c1-9-5-3-6-10(2)14(9)8-4-7-11(12)13/h9-10H,3-8H2,1-2H3,(H3,12,13). The lowest BCUT2D eigenvalue weighted by Gasteiger charge is -2.39. The molecule has 1 aliphatic rings. The predicted molar refractivity (Wildman–Crippen MR) is 60.6 cm³/mol.